The first-order valence-corrected chi connectivity index (χ1v) is 8.01. The lowest BCUT2D eigenvalue weighted by atomic mass is 10.1. The molecule has 0 radical (unpaired) electrons. The number of nitrogens with one attached hydrogen (secondary N) is 2. The van der Waals surface area contributed by atoms with Crippen molar-refractivity contribution in [3.63, 3.8) is 0 Å². The standard InChI is InChI=1S/C19H22F2N2O/c1-13(8-9-15-6-4-3-5-7-15)22-19(24)23-14(2)16-10-11-17(20)18(21)12-16/h3-7,10-14H,8-9H2,1-2H3,(H2,22,23,24)/t13-,14-/m1/s1. The van der Waals surface area contributed by atoms with Gasteiger partial charge in [0.25, 0.3) is 0 Å². The molecule has 2 atom stereocenters. The zero-order valence-electron chi connectivity index (χ0n) is 13.9. The molecule has 0 fully saturated rings. The van der Waals surface area contributed by atoms with E-state index in [0.29, 0.717) is 5.56 Å². The molecule has 0 bridgehead atoms. The summed E-state index contributed by atoms with van der Waals surface area (Å²) < 4.78 is 26.2. The van der Waals surface area contributed by atoms with Gasteiger partial charge in [-0.15, -0.1) is 0 Å². The predicted molar refractivity (Wildman–Crippen MR) is 90.7 cm³/mol. The van der Waals surface area contributed by atoms with Gasteiger partial charge >= 0.3 is 6.03 Å². The highest BCUT2D eigenvalue weighted by Crippen LogP contribution is 2.15. The van der Waals surface area contributed by atoms with Crippen LogP contribution in [0.1, 0.15) is 37.4 Å². The van der Waals surface area contributed by atoms with E-state index in [2.05, 4.69) is 22.8 Å². The maximum absolute atomic E-state index is 13.2. The summed E-state index contributed by atoms with van der Waals surface area (Å²) in [5.41, 5.74) is 1.74. The molecule has 5 heteroatoms. The van der Waals surface area contributed by atoms with Gasteiger partial charge in [-0.25, -0.2) is 13.6 Å². The van der Waals surface area contributed by atoms with Gasteiger partial charge in [0, 0.05) is 6.04 Å². The Hall–Kier alpha value is -2.43. The van der Waals surface area contributed by atoms with Gasteiger partial charge in [0.2, 0.25) is 0 Å². The smallest absolute Gasteiger partial charge is 0.315 e. The molecule has 0 spiro atoms. The van der Waals surface area contributed by atoms with Crippen molar-refractivity contribution >= 4 is 6.03 Å². The molecule has 2 rings (SSSR count). The number of halogens is 2. The van der Waals surface area contributed by atoms with Crippen molar-refractivity contribution in [3.05, 3.63) is 71.3 Å². The first-order chi connectivity index (χ1) is 11.5. The first kappa shape index (κ1) is 17.9. The molecule has 3 nitrogen and oxygen atoms in total. The number of hydrogen-bond acceptors (Lipinski definition) is 1. The lowest BCUT2D eigenvalue weighted by Crippen LogP contribution is -2.41. The lowest BCUT2D eigenvalue weighted by Gasteiger charge is -2.18. The highest BCUT2D eigenvalue weighted by atomic mass is 19.2. The molecule has 0 aliphatic rings. The maximum Gasteiger partial charge on any atom is 0.315 e. The highest BCUT2D eigenvalue weighted by Gasteiger charge is 2.13. The average Bonchev–Trinajstić information content (AvgIpc) is 2.56. The topological polar surface area (TPSA) is 41.1 Å². The third-order valence-electron chi connectivity index (χ3n) is 3.88. The molecule has 0 saturated heterocycles. The van der Waals surface area contributed by atoms with E-state index in [9.17, 15) is 13.6 Å². The highest BCUT2D eigenvalue weighted by molar-refractivity contribution is 5.74. The monoisotopic (exact) mass is 332 g/mol. The largest absolute Gasteiger partial charge is 0.336 e. The summed E-state index contributed by atoms with van der Waals surface area (Å²) in [6.07, 6.45) is 1.69. The summed E-state index contributed by atoms with van der Waals surface area (Å²) in [6, 6.07) is 12.9. The number of carbonyl (C=O) groups excluding carboxylic acids is 1. The summed E-state index contributed by atoms with van der Waals surface area (Å²) in [4.78, 5) is 12.0. The molecule has 2 aromatic carbocycles. The van der Waals surface area contributed by atoms with Crippen molar-refractivity contribution in [2.75, 3.05) is 0 Å². The normalized spacial score (nSPS) is 13.2. The second-order valence-electron chi connectivity index (χ2n) is 5.94. The Morgan fingerprint density at radius 3 is 2.38 bits per heavy atom. The van der Waals surface area contributed by atoms with E-state index in [1.165, 1.54) is 11.6 Å². The predicted octanol–water partition coefficient (Wildman–Crippen LogP) is 4.35. The van der Waals surface area contributed by atoms with Crippen molar-refractivity contribution in [2.45, 2.75) is 38.8 Å². The molecule has 0 unspecified atom stereocenters. The van der Waals surface area contributed by atoms with Gasteiger partial charge in [0.05, 0.1) is 6.04 Å². The zero-order chi connectivity index (χ0) is 17.5. The van der Waals surface area contributed by atoms with Crippen LogP contribution in [0, 0.1) is 11.6 Å². The molecule has 2 amide bonds. The number of aryl methyl sites for hydroxylation is 1. The van der Waals surface area contributed by atoms with Crippen LogP contribution in [0.15, 0.2) is 48.5 Å². The fraction of sp³-hybridized carbons (Fsp3) is 0.316. The number of urea groups is 1. The van der Waals surface area contributed by atoms with Gasteiger partial charge in [0.15, 0.2) is 11.6 Å². The molecule has 0 aliphatic carbocycles. The molecular weight excluding hydrogens is 310 g/mol. The first-order valence-electron chi connectivity index (χ1n) is 8.01. The van der Waals surface area contributed by atoms with Gasteiger partial charge in [-0.2, -0.15) is 0 Å². The van der Waals surface area contributed by atoms with Crippen molar-refractivity contribution in [1.29, 1.82) is 0 Å². The number of amides is 2. The molecule has 2 N–H and O–H groups in total. The Bertz CT molecular complexity index is 676. The van der Waals surface area contributed by atoms with E-state index in [1.54, 1.807) is 6.92 Å². The molecule has 128 valence electrons. The summed E-state index contributed by atoms with van der Waals surface area (Å²) >= 11 is 0. The molecule has 2 aromatic rings. The third kappa shape index (κ3) is 5.33. The SMILES string of the molecule is C[C@H](CCc1ccccc1)NC(=O)N[C@H](C)c1ccc(F)c(F)c1. The van der Waals surface area contributed by atoms with Crippen LogP contribution in [0.25, 0.3) is 0 Å². The average molecular weight is 332 g/mol. The molecule has 0 heterocycles. The Kier molecular flexibility index (Phi) is 6.29. The third-order valence-corrected chi connectivity index (χ3v) is 3.88. The van der Waals surface area contributed by atoms with E-state index < -0.39 is 17.7 Å². The quantitative estimate of drug-likeness (QED) is 0.811. The Labute approximate surface area is 141 Å². The van der Waals surface area contributed by atoms with Crippen LogP contribution in [-0.4, -0.2) is 12.1 Å². The number of benzene rings is 2. The minimum Gasteiger partial charge on any atom is -0.336 e. The van der Waals surface area contributed by atoms with Crippen LogP contribution in [0.4, 0.5) is 13.6 Å². The van der Waals surface area contributed by atoms with Crippen LogP contribution in [0.2, 0.25) is 0 Å². The number of rotatable bonds is 6. The van der Waals surface area contributed by atoms with Crippen molar-refractivity contribution in [1.82, 2.24) is 10.6 Å². The minimum absolute atomic E-state index is 0.00219. The van der Waals surface area contributed by atoms with Crippen LogP contribution >= 0.6 is 0 Å². The number of hydrogen-bond donors (Lipinski definition) is 2. The van der Waals surface area contributed by atoms with Crippen LogP contribution < -0.4 is 10.6 Å². The second-order valence-corrected chi connectivity index (χ2v) is 5.94. The van der Waals surface area contributed by atoms with Crippen LogP contribution in [-0.2, 0) is 6.42 Å². The van der Waals surface area contributed by atoms with Crippen molar-refractivity contribution in [2.24, 2.45) is 0 Å². The van der Waals surface area contributed by atoms with E-state index in [1.807, 2.05) is 25.1 Å². The molecular formula is C19H22F2N2O. The van der Waals surface area contributed by atoms with Crippen LogP contribution in [0.5, 0.6) is 0 Å². The van der Waals surface area contributed by atoms with Gasteiger partial charge < -0.3 is 10.6 Å². The van der Waals surface area contributed by atoms with Crippen molar-refractivity contribution < 1.29 is 13.6 Å². The second kappa shape index (κ2) is 8.43. The molecule has 0 saturated carbocycles. The Morgan fingerprint density at radius 1 is 1.00 bits per heavy atom. The lowest BCUT2D eigenvalue weighted by molar-refractivity contribution is 0.234. The summed E-state index contributed by atoms with van der Waals surface area (Å²) in [7, 11) is 0. The fourth-order valence-corrected chi connectivity index (χ4v) is 2.43. The summed E-state index contributed by atoms with van der Waals surface area (Å²) in [5, 5.41) is 5.59. The molecule has 0 aliphatic heterocycles. The Balaban J connectivity index is 1.80. The van der Waals surface area contributed by atoms with Crippen molar-refractivity contribution in [3.8, 4) is 0 Å². The Morgan fingerprint density at radius 2 is 1.71 bits per heavy atom. The zero-order valence-corrected chi connectivity index (χ0v) is 13.9. The maximum atomic E-state index is 13.2. The van der Waals surface area contributed by atoms with E-state index >= 15 is 0 Å². The van der Waals surface area contributed by atoms with Gasteiger partial charge in [-0.1, -0.05) is 36.4 Å². The van der Waals surface area contributed by atoms with Gasteiger partial charge in [0.1, 0.15) is 0 Å². The molecule has 0 aromatic heterocycles. The molecule has 24 heavy (non-hydrogen) atoms. The minimum atomic E-state index is -0.919. The van der Waals surface area contributed by atoms with Crippen LogP contribution in [0.3, 0.4) is 0 Å². The van der Waals surface area contributed by atoms with E-state index in [-0.39, 0.29) is 12.1 Å². The van der Waals surface area contributed by atoms with Gasteiger partial charge in [-0.3, -0.25) is 0 Å². The summed E-state index contributed by atoms with van der Waals surface area (Å²) in [6.45, 7) is 3.66. The van der Waals surface area contributed by atoms with Gasteiger partial charge in [-0.05, 0) is 49.9 Å². The summed E-state index contributed by atoms with van der Waals surface area (Å²) in [5.74, 6) is -1.82. The fourth-order valence-electron chi connectivity index (χ4n) is 2.43. The van der Waals surface area contributed by atoms with E-state index in [0.717, 1.165) is 25.0 Å². The van der Waals surface area contributed by atoms with E-state index in [4.69, 9.17) is 0 Å². The number of carbonyl (C=O) groups is 1.